The fraction of sp³-hybridized carbons (Fsp3) is 0.100. The molecule has 1 heterocycles. The molecule has 1 rings (SSSR count). The zero-order valence-corrected chi connectivity index (χ0v) is 8.68. The molecule has 0 aliphatic rings. The predicted molar refractivity (Wildman–Crippen MR) is 62.2 cm³/mol. The van der Waals surface area contributed by atoms with Crippen LogP contribution in [-0.4, -0.2) is 23.5 Å². The van der Waals surface area contributed by atoms with Crippen molar-refractivity contribution in [3.8, 4) is 0 Å². The molecule has 0 fully saturated rings. The second-order valence-electron chi connectivity index (χ2n) is 2.90. The lowest BCUT2D eigenvalue weighted by molar-refractivity contribution is 0.250. The van der Waals surface area contributed by atoms with E-state index in [2.05, 4.69) is 16.9 Å². The molecule has 1 aromatic heterocycles. The van der Waals surface area contributed by atoms with Crippen molar-refractivity contribution in [1.29, 1.82) is 5.41 Å². The lowest BCUT2D eigenvalue weighted by atomic mass is 10.4. The summed E-state index contributed by atoms with van der Waals surface area (Å²) in [5.74, 6) is -0.354. The van der Waals surface area contributed by atoms with Gasteiger partial charge in [-0.05, 0) is 12.1 Å². The zero-order chi connectivity index (χ0) is 12.0. The number of aromatic nitrogens is 1. The molecule has 84 valence electrons. The number of pyridine rings is 1. The molecule has 6 heteroatoms. The van der Waals surface area contributed by atoms with Crippen LogP contribution in [0.25, 0.3) is 0 Å². The molecule has 0 aromatic carbocycles. The summed E-state index contributed by atoms with van der Waals surface area (Å²) in [7, 11) is 0. The Hall–Kier alpha value is -2.37. The van der Waals surface area contributed by atoms with E-state index >= 15 is 0 Å². The smallest absolute Gasteiger partial charge is 0.329 e. The number of nitrogens with two attached hydrogens (primary N) is 1. The molecule has 6 nitrogen and oxygen atoms in total. The van der Waals surface area contributed by atoms with Crippen LogP contribution in [-0.2, 0) is 0 Å². The minimum Gasteiger partial charge on any atom is -0.369 e. The van der Waals surface area contributed by atoms with Crippen LogP contribution in [0.2, 0.25) is 0 Å². The van der Waals surface area contributed by atoms with E-state index in [1.165, 1.54) is 12.4 Å². The van der Waals surface area contributed by atoms with Gasteiger partial charge in [-0.2, -0.15) is 0 Å². The minimum atomic E-state index is -0.474. The Morgan fingerprint density at radius 1 is 1.62 bits per heavy atom. The number of guanidine groups is 1. The van der Waals surface area contributed by atoms with Crippen molar-refractivity contribution in [2.45, 2.75) is 0 Å². The van der Waals surface area contributed by atoms with Gasteiger partial charge in [0.1, 0.15) is 0 Å². The maximum Gasteiger partial charge on any atom is 0.329 e. The third-order valence-corrected chi connectivity index (χ3v) is 1.76. The van der Waals surface area contributed by atoms with Crippen molar-refractivity contribution in [1.82, 2.24) is 10.3 Å². The summed E-state index contributed by atoms with van der Waals surface area (Å²) in [6, 6.07) is 2.71. The highest BCUT2D eigenvalue weighted by Gasteiger charge is 2.17. The van der Waals surface area contributed by atoms with Crippen molar-refractivity contribution in [3.05, 3.63) is 37.2 Å². The average Bonchev–Trinajstić information content (AvgIpc) is 2.27. The van der Waals surface area contributed by atoms with E-state index in [4.69, 9.17) is 11.1 Å². The van der Waals surface area contributed by atoms with Crippen LogP contribution in [0.5, 0.6) is 0 Å². The molecule has 0 unspecified atom stereocenters. The summed E-state index contributed by atoms with van der Waals surface area (Å²) in [5.41, 5.74) is 5.83. The minimum absolute atomic E-state index is 0.313. The van der Waals surface area contributed by atoms with Crippen LogP contribution < -0.4 is 16.0 Å². The monoisotopic (exact) mass is 219 g/mol. The van der Waals surface area contributed by atoms with Gasteiger partial charge >= 0.3 is 6.03 Å². The van der Waals surface area contributed by atoms with Crippen LogP contribution in [0, 0.1) is 5.41 Å². The topological polar surface area (TPSA) is 95.1 Å². The van der Waals surface area contributed by atoms with E-state index in [1.807, 2.05) is 0 Å². The third kappa shape index (κ3) is 2.81. The Morgan fingerprint density at radius 3 is 2.75 bits per heavy atom. The molecule has 0 radical (unpaired) electrons. The molecule has 0 atom stereocenters. The van der Waals surface area contributed by atoms with E-state index in [1.54, 1.807) is 18.2 Å². The molecule has 0 aliphatic heterocycles. The second-order valence-corrected chi connectivity index (χ2v) is 2.90. The molecule has 0 saturated heterocycles. The van der Waals surface area contributed by atoms with Crippen molar-refractivity contribution in [3.63, 3.8) is 0 Å². The fourth-order valence-electron chi connectivity index (χ4n) is 1.10. The summed E-state index contributed by atoms with van der Waals surface area (Å²) in [6.45, 7) is 3.79. The number of amides is 2. The standard InChI is InChI=1S/C10H13N5O/c1-2-5-14-10(16)15(9(11)12)8-3-6-13-7-4-8/h2-4,6-7H,1,5H2,(H3,11,12)(H,14,16). The maximum absolute atomic E-state index is 11.7. The molecule has 0 spiro atoms. The molecule has 0 saturated carbocycles. The lowest BCUT2D eigenvalue weighted by Crippen LogP contribution is -2.47. The van der Waals surface area contributed by atoms with Crippen molar-refractivity contribution < 1.29 is 4.79 Å². The highest BCUT2D eigenvalue weighted by Crippen LogP contribution is 2.11. The van der Waals surface area contributed by atoms with Gasteiger partial charge < -0.3 is 11.1 Å². The largest absolute Gasteiger partial charge is 0.369 e. The number of nitrogens with zero attached hydrogens (tertiary/aromatic N) is 2. The zero-order valence-electron chi connectivity index (χ0n) is 8.68. The first-order valence-corrected chi connectivity index (χ1v) is 4.59. The van der Waals surface area contributed by atoms with Gasteiger partial charge in [0, 0.05) is 18.9 Å². The van der Waals surface area contributed by atoms with Gasteiger partial charge in [-0.3, -0.25) is 10.4 Å². The number of rotatable bonds is 3. The molecular weight excluding hydrogens is 206 g/mol. The lowest BCUT2D eigenvalue weighted by Gasteiger charge is -2.20. The van der Waals surface area contributed by atoms with Gasteiger partial charge in [0.15, 0.2) is 0 Å². The number of nitrogens with one attached hydrogen (secondary N) is 2. The second kappa shape index (κ2) is 5.50. The number of anilines is 1. The Balaban J connectivity index is 2.88. The van der Waals surface area contributed by atoms with E-state index < -0.39 is 6.03 Å². The number of urea groups is 1. The van der Waals surface area contributed by atoms with E-state index in [9.17, 15) is 4.79 Å². The van der Waals surface area contributed by atoms with Crippen LogP contribution in [0.3, 0.4) is 0 Å². The van der Waals surface area contributed by atoms with Crippen molar-refractivity contribution in [2.24, 2.45) is 5.73 Å². The predicted octanol–water partition coefficient (Wildman–Crippen LogP) is 0.677. The van der Waals surface area contributed by atoms with E-state index in [0.29, 0.717) is 12.2 Å². The number of carbonyl (C=O) groups is 1. The summed E-state index contributed by atoms with van der Waals surface area (Å²) in [4.78, 5) is 16.5. The van der Waals surface area contributed by atoms with Gasteiger partial charge in [-0.15, -0.1) is 6.58 Å². The molecule has 1 aromatic rings. The third-order valence-electron chi connectivity index (χ3n) is 1.76. The van der Waals surface area contributed by atoms with Crippen molar-refractivity contribution in [2.75, 3.05) is 11.4 Å². The molecule has 16 heavy (non-hydrogen) atoms. The van der Waals surface area contributed by atoms with Crippen molar-refractivity contribution >= 4 is 17.7 Å². The average molecular weight is 219 g/mol. The summed E-state index contributed by atoms with van der Waals surface area (Å²) >= 11 is 0. The van der Waals surface area contributed by atoms with Gasteiger partial charge in [0.25, 0.3) is 0 Å². The molecule has 0 aliphatic carbocycles. The fourth-order valence-corrected chi connectivity index (χ4v) is 1.10. The van der Waals surface area contributed by atoms with E-state index in [-0.39, 0.29) is 5.96 Å². The number of hydrogen-bond acceptors (Lipinski definition) is 3. The van der Waals surface area contributed by atoms with Crippen LogP contribution in [0.1, 0.15) is 0 Å². The normalized spacial score (nSPS) is 9.25. The number of hydrogen-bond donors (Lipinski definition) is 3. The molecular formula is C10H13N5O. The quantitative estimate of drug-likeness (QED) is 0.396. The summed E-state index contributed by atoms with van der Waals surface area (Å²) < 4.78 is 0. The maximum atomic E-state index is 11.7. The van der Waals surface area contributed by atoms with Gasteiger partial charge in [0.2, 0.25) is 5.96 Å². The first-order valence-electron chi connectivity index (χ1n) is 4.59. The highest BCUT2D eigenvalue weighted by atomic mass is 16.2. The van der Waals surface area contributed by atoms with Crippen LogP contribution in [0.15, 0.2) is 37.2 Å². The molecule has 4 N–H and O–H groups in total. The van der Waals surface area contributed by atoms with Crippen LogP contribution >= 0.6 is 0 Å². The number of carbonyl (C=O) groups excluding carboxylic acids is 1. The Kier molecular flexibility index (Phi) is 4.02. The Morgan fingerprint density at radius 2 is 2.25 bits per heavy atom. The first-order chi connectivity index (χ1) is 7.66. The van der Waals surface area contributed by atoms with Crippen LogP contribution in [0.4, 0.5) is 10.5 Å². The Labute approximate surface area is 93.3 Å². The summed E-state index contributed by atoms with van der Waals surface area (Å²) in [5, 5.41) is 9.89. The Bertz CT molecular complexity index is 389. The van der Waals surface area contributed by atoms with Gasteiger partial charge in [-0.1, -0.05) is 6.08 Å². The summed E-state index contributed by atoms with van der Waals surface area (Å²) in [6.07, 6.45) is 4.58. The van der Waals surface area contributed by atoms with Gasteiger partial charge in [-0.25, -0.2) is 9.69 Å². The molecule has 2 amide bonds. The van der Waals surface area contributed by atoms with E-state index in [0.717, 1.165) is 4.90 Å². The molecule has 0 bridgehead atoms. The highest BCUT2D eigenvalue weighted by molar-refractivity contribution is 6.13. The SMILES string of the molecule is C=CCNC(=O)N(C(=N)N)c1ccncc1. The first kappa shape index (κ1) is 11.7. The van der Waals surface area contributed by atoms with Gasteiger partial charge in [0.05, 0.1) is 5.69 Å².